The van der Waals surface area contributed by atoms with Crippen molar-refractivity contribution in [3.8, 4) is 0 Å². The Morgan fingerprint density at radius 3 is 2.27 bits per heavy atom. The zero-order valence-corrected chi connectivity index (χ0v) is 11.6. The minimum atomic E-state index is 0.0251. The highest BCUT2D eigenvalue weighted by Crippen LogP contribution is 2.32. The first kappa shape index (κ1) is 12.4. The molecule has 15 heavy (non-hydrogen) atoms. The molecule has 1 heterocycles. The van der Waals surface area contributed by atoms with Crippen LogP contribution in [-0.2, 0) is 11.8 Å². The van der Waals surface area contributed by atoms with Crippen molar-refractivity contribution in [2.45, 2.75) is 39.5 Å². The molecule has 0 aromatic carbocycles. The van der Waals surface area contributed by atoms with Crippen LogP contribution in [0.1, 0.15) is 39.2 Å². The lowest BCUT2D eigenvalue weighted by molar-refractivity contribution is 0.559. The van der Waals surface area contributed by atoms with E-state index in [0.717, 1.165) is 28.2 Å². The summed E-state index contributed by atoms with van der Waals surface area (Å²) in [5.74, 6) is 1.75. The van der Waals surface area contributed by atoms with Gasteiger partial charge in [-0.15, -0.1) is 0 Å². The van der Waals surface area contributed by atoms with Crippen LogP contribution < -0.4 is 5.32 Å². The van der Waals surface area contributed by atoms with Gasteiger partial charge in [-0.1, -0.05) is 27.7 Å². The molecular formula is C11H18BrN3. The van der Waals surface area contributed by atoms with E-state index in [0.29, 0.717) is 0 Å². The fraction of sp³-hybridized carbons (Fsp3) is 0.636. The molecule has 0 bridgehead atoms. The molecule has 0 atom stereocenters. The number of rotatable bonds is 2. The van der Waals surface area contributed by atoms with Crippen LogP contribution in [0.2, 0.25) is 0 Å². The molecular weight excluding hydrogens is 254 g/mol. The lowest BCUT2D eigenvalue weighted by Gasteiger charge is -2.21. The Balaban J connectivity index is 3.37. The minimum absolute atomic E-state index is 0.0251. The molecule has 1 aromatic heterocycles. The molecule has 1 aromatic rings. The van der Waals surface area contributed by atoms with Gasteiger partial charge in [-0.05, 0) is 15.9 Å². The molecule has 0 amide bonds. The summed E-state index contributed by atoms with van der Waals surface area (Å²) in [5, 5.41) is 3.08. The Kier molecular flexibility index (Phi) is 3.71. The van der Waals surface area contributed by atoms with Gasteiger partial charge in [-0.2, -0.15) is 0 Å². The van der Waals surface area contributed by atoms with Gasteiger partial charge in [0.15, 0.2) is 0 Å². The molecule has 84 valence electrons. The van der Waals surface area contributed by atoms with Gasteiger partial charge < -0.3 is 5.32 Å². The smallest absolute Gasteiger partial charge is 0.144 e. The van der Waals surface area contributed by atoms with Gasteiger partial charge in [0.2, 0.25) is 0 Å². The van der Waals surface area contributed by atoms with E-state index in [2.05, 4.69) is 58.9 Å². The van der Waals surface area contributed by atoms with Gasteiger partial charge in [0.25, 0.3) is 0 Å². The second kappa shape index (κ2) is 4.47. The number of halogens is 1. The average Bonchev–Trinajstić information content (AvgIpc) is 2.16. The van der Waals surface area contributed by atoms with Crippen LogP contribution >= 0.6 is 15.9 Å². The van der Waals surface area contributed by atoms with E-state index in [9.17, 15) is 0 Å². The Bertz CT molecular complexity index is 356. The molecule has 0 aliphatic carbocycles. The molecule has 1 N–H and O–H groups in total. The van der Waals surface area contributed by atoms with Gasteiger partial charge in [0, 0.05) is 18.9 Å². The first-order valence-electron chi connectivity index (χ1n) is 5.14. The zero-order valence-electron chi connectivity index (χ0n) is 9.98. The Labute approximate surface area is 99.8 Å². The molecule has 0 aliphatic heterocycles. The van der Waals surface area contributed by atoms with Crippen molar-refractivity contribution in [2.24, 2.45) is 0 Å². The summed E-state index contributed by atoms with van der Waals surface area (Å²) in [6.07, 6.45) is 0.852. The molecule has 0 fully saturated rings. The summed E-state index contributed by atoms with van der Waals surface area (Å²) < 4.78 is 0.967. The molecule has 0 aliphatic rings. The van der Waals surface area contributed by atoms with Crippen LogP contribution in [0, 0.1) is 0 Å². The first-order valence-corrected chi connectivity index (χ1v) is 5.94. The van der Waals surface area contributed by atoms with E-state index in [1.165, 1.54) is 0 Å². The second-order valence-corrected chi connectivity index (χ2v) is 5.30. The lowest BCUT2D eigenvalue weighted by atomic mass is 9.92. The van der Waals surface area contributed by atoms with Crippen LogP contribution in [0.25, 0.3) is 0 Å². The fourth-order valence-corrected chi connectivity index (χ4v) is 2.28. The van der Waals surface area contributed by atoms with Crippen LogP contribution in [0.4, 0.5) is 5.82 Å². The first-order chi connectivity index (χ1) is 6.90. The number of hydrogen-bond donors (Lipinski definition) is 1. The third-order valence-electron chi connectivity index (χ3n) is 2.16. The zero-order chi connectivity index (χ0) is 11.6. The van der Waals surface area contributed by atoms with E-state index in [-0.39, 0.29) is 5.41 Å². The summed E-state index contributed by atoms with van der Waals surface area (Å²) in [4.78, 5) is 8.99. The Hall–Kier alpha value is -0.640. The van der Waals surface area contributed by atoms with Crippen molar-refractivity contribution in [2.75, 3.05) is 12.4 Å². The third kappa shape index (κ3) is 2.68. The number of aryl methyl sites for hydroxylation is 1. The molecule has 3 nitrogen and oxygen atoms in total. The highest BCUT2D eigenvalue weighted by Gasteiger charge is 2.22. The maximum atomic E-state index is 4.57. The summed E-state index contributed by atoms with van der Waals surface area (Å²) >= 11 is 3.55. The summed E-state index contributed by atoms with van der Waals surface area (Å²) in [6.45, 7) is 8.52. The van der Waals surface area contributed by atoms with Gasteiger partial charge in [0.05, 0.1) is 10.2 Å². The van der Waals surface area contributed by atoms with Gasteiger partial charge in [0.1, 0.15) is 11.6 Å². The number of anilines is 1. The van der Waals surface area contributed by atoms with E-state index < -0.39 is 0 Å². The van der Waals surface area contributed by atoms with Crippen molar-refractivity contribution in [3.63, 3.8) is 0 Å². The Morgan fingerprint density at radius 2 is 1.87 bits per heavy atom. The number of aromatic nitrogens is 2. The topological polar surface area (TPSA) is 37.8 Å². The quantitative estimate of drug-likeness (QED) is 0.898. The fourth-order valence-electron chi connectivity index (χ4n) is 1.31. The number of nitrogens with zero attached hydrogens (tertiary/aromatic N) is 2. The largest absolute Gasteiger partial charge is 0.372 e. The molecule has 0 saturated carbocycles. The SMILES string of the molecule is CCc1nc(NC)c(Br)c(C(C)(C)C)n1. The third-order valence-corrected chi connectivity index (χ3v) is 2.91. The summed E-state index contributed by atoms with van der Waals surface area (Å²) in [7, 11) is 1.87. The van der Waals surface area contributed by atoms with Gasteiger partial charge in [-0.25, -0.2) is 9.97 Å². The van der Waals surface area contributed by atoms with Crippen molar-refractivity contribution < 1.29 is 0 Å². The van der Waals surface area contributed by atoms with E-state index in [1.807, 2.05) is 7.05 Å². The number of nitrogens with one attached hydrogen (secondary N) is 1. The normalized spacial score (nSPS) is 11.6. The highest BCUT2D eigenvalue weighted by atomic mass is 79.9. The van der Waals surface area contributed by atoms with Crippen LogP contribution in [-0.4, -0.2) is 17.0 Å². The van der Waals surface area contributed by atoms with Gasteiger partial charge >= 0.3 is 0 Å². The predicted octanol–water partition coefficient (Wildman–Crippen LogP) is 3.14. The predicted molar refractivity (Wildman–Crippen MR) is 67.4 cm³/mol. The minimum Gasteiger partial charge on any atom is -0.372 e. The van der Waals surface area contributed by atoms with Crippen molar-refractivity contribution in [1.29, 1.82) is 0 Å². The highest BCUT2D eigenvalue weighted by molar-refractivity contribution is 9.10. The Morgan fingerprint density at radius 1 is 1.27 bits per heavy atom. The van der Waals surface area contributed by atoms with Crippen LogP contribution in [0.5, 0.6) is 0 Å². The van der Waals surface area contributed by atoms with E-state index in [1.54, 1.807) is 0 Å². The van der Waals surface area contributed by atoms with Crippen LogP contribution in [0.15, 0.2) is 4.47 Å². The standard InChI is InChI=1S/C11H18BrN3/c1-6-7-14-9(11(2,3)4)8(12)10(13-5)15-7/h6H2,1-5H3,(H,13,14,15). The van der Waals surface area contributed by atoms with Crippen molar-refractivity contribution in [3.05, 3.63) is 16.0 Å². The van der Waals surface area contributed by atoms with Crippen LogP contribution in [0.3, 0.4) is 0 Å². The molecule has 0 spiro atoms. The molecule has 1 rings (SSSR count). The molecule has 4 heteroatoms. The van der Waals surface area contributed by atoms with Gasteiger partial charge in [-0.3, -0.25) is 0 Å². The van der Waals surface area contributed by atoms with Crippen molar-refractivity contribution in [1.82, 2.24) is 9.97 Å². The average molecular weight is 272 g/mol. The van der Waals surface area contributed by atoms with E-state index >= 15 is 0 Å². The molecule has 0 saturated heterocycles. The molecule has 0 unspecified atom stereocenters. The maximum Gasteiger partial charge on any atom is 0.144 e. The van der Waals surface area contributed by atoms with Crippen molar-refractivity contribution >= 4 is 21.7 Å². The molecule has 0 radical (unpaired) electrons. The second-order valence-electron chi connectivity index (χ2n) is 4.50. The summed E-state index contributed by atoms with van der Waals surface area (Å²) in [5.41, 5.74) is 1.08. The monoisotopic (exact) mass is 271 g/mol. The summed E-state index contributed by atoms with van der Waals surface area (Å²) in [6, 6.07) is 0. The maximum absolute atomic E-state index is 4.57. The number of hydrogen-bond acceptors (Lipinski definition) is 3. The lowest BCUT2D eigenvalue weighted by Crippen LogP contribution is -2.17. The van der Waals surface area contributed by atoms with E-state index in [4.69, 9.17) is 0 Å².